The number of halogens is 2. The van der Waals surface area contributed by atoms with E-state index in [2.05, 4.69) is 15.1 Å². The molecule has 3 rings (SSSR count). The second kappa shape index (κ2) is 6.73. The monoisotopic (exact) mass is 377 g/mol. The summed E-state index contributed by atoms with van der Waals surface area (Å²) in [5.41, 5.74) is -0.924. The van der Waals surface area contributed by atoms with E-state index in [0.717, 1.165) is 6.07 Å². The summed E-state index contributed by atoms with van der Waals surface area (Å²) in [5.74, 6) is -1.31. The Bertz CT molecular complexity index is 830. The van der Waals surface area contributed by atoms with Gasteiger partial charge in [0.15, 0.2) is 14.5 Å². The number of imidazole rings is 1. The van der Waals surface area contributed by atoms with Gasteiger partial charge in [-0.1, -0.05) is 6.07 Å². The van der Waals surface area contributed by atoms with Crippen LogP contribution in [0.25, 0.3) is 0 Å². The molecule has 0 amide bonds. The second-order valence-corrected chi connectivity index (χ2v) is 11.6. The SMILES string of the molecule is CC(O[Si](C)(C)C)(c1ccc(F)cc1F)C(n1ccnc1)n1cncn1. The largest absolute Gasteiger partial charge is 0.404 e. The zero-order chi connectivity index (χ0) is 18.9. The summed E-state index contributed by atoms with van der Waals surface area (Å²) in [5, 5.41) is 4.24. The molecule has 0 aliphatic carbocycles. The van der Waals surface area contributed by atoms with E-state index in [9.17, 15) is 8.78 Å². The quantitative estimate of drug-likeness (QED) is 0.616. The maximum Gasteiger partial charge on any atom is 0.185 e. The molecule has 0 saturated heterocycles. The summed E-state index contributed by atoms with van der Waals surface area (Å²) >= 11 is 0. The highest BCUT2D eigenvalue weighted by atomic mass is 28.4. The van der Waals surface area contributed by atoms with E-state index in [1.807, 2.05) is 19.6 Å². The summed E-state index contributed by atoms with van der Waals surface area (Å²) in [6, 6.07) is 3.52. The van der Waals surface area contributed by atoms with Crippen LogP contribution in [0.4, 0.5) is 8.78 Å². The summed E-state index contributed by atoms with van der Waals surface area (Å²) in [4.78, 5) is 8.11. The number of aromatic nitrogens is 5. The van der Waals surface area contributed by atoms with Gasteiger partial charge in [0.2, 0.25) is 0 Å². The number of nitrogens with zero attached hydrogens (tertiary/aromatic N) is 5. The molecular weight excluding hydrogens is 356 g/mol. The van der Waals surface area contributed by atoms with E-state index in [1.54, 1.807) is 34.9 Å². The molecule has 0 radical (unpaired) electrons. The van der Waals surface area contributed by atoms with Crippen LogP contribution in [0.15, 0.2) is 49.6 Å². The maximum atomic E-state index is 14.8. The van der Waals surface area contributed by atoms with Gasteiger partial charge in [0.05, 0.1) is 6.33 Å². The maximum absolute atomic E-state index is 14.8. The first-order valence-electron chi connectivity index (χ1n) is 8.18. The first-order chi connectivity index (χ1) is 12.2. The van der Waals surface area contributed by atoms with Crippen molar-refractivity contribution in [2.75, 3.05) is 0 Å². The zero-order valence-corrected chi connectivity index (χ0v) is 16.1. The Morgan fingerprint density at radius 3 is 2.46 bits per heavy atom. The van der Waals surface area contributed by atoms with Crippen LogP contribution in [-0.2, 0) is 10.0 Å². The van der Waals surface area contributed by atoms with E-state index in [4.69, 9.17) is 4.43 Å². The Morgan fingerprint density at radius 1 is 1.15 bits per heavy atom. The molecule has 1 aromatic carbocycles. The van der Waals surface area contributed by atoms with Gasteiger partial charge < -0.3 is 8.99 Å². The topological polar surface area (TPSA) is 57.8 Å². The average molecular weight is 377 g/mol. The number of benzene rings is 1. The second-order valence-electron chi connectivity index (χ2n) is 7.20. The summed E-state index contributed by atoms with van der Waals surface area (Å²) in [6.07, 6.45) is 7.33. The van der Waals surface area contributed by atoms with Gasteiger partial charge in [-0.2, -0.15) is 5.10 Å². The van der Waals surface area contributed by atoms with Crippen LogP contribution in [0, 0.1) is 11.6 Å². The molecule has 138 valence electrons. The molecule has 6 nitrogen and oxygen atoms in total. The summed E-state index contributed by atoms with van der Waals surface area (Å²) in [7, 11) is -2.16. The van der Waals surface area contributed by atoms with Crippen molar-refractivity contribution in [3.8, 4) is 0 Å². The molecule has 0 saturated carbocycles. The predicted molar refractivity (Wildman–Crippen MR) is 94.8 cm³/mol. The molecule has 0 N–H and O–H groups in total. The number of rotatable bonds is 6. The Kier molecular flexibility index (Phi) is 4.76. The van der Waals surface area contributed by atoms with Crippen LogP contribution in [0.3, 0.4) is 0 Å². The molecule has 2 atom stereocenters. The van der Waals surface area contributed by atoms with Crippen molar-refractivity contribution >= 4 is 8.32 Å². The van der Waals surface area contributed by atoms with Crippen molar-refractivity contribution in [3.05, 3.63) is 66.8 Å². The fraction of sp³-hybridized carbons (Fsp3) is 0.353. The average Bonchev–Trinajstić information content (AvgIpc) is 3.19. The zero-order valence-electron chi connectivity index (χ0n) is 15.1. The predicted octanol–water partition coefficient (Wildman–Crippen LogP) is 3.57. The fourth-order valence-corrected chi connectivity index (χ4v) is 4.69. The van der Waals surface area contributed by atoms with Gasteiger partial charge in [-0.05, 0) is 32.6 Å². The molecule has 3 aromatic rings. The van der Waals surface area contributed by atoms with Crippen molar-refractivity contribution in [1.29, 1.82) is 0 Å². The molecule has 9 heteroatoms. The molecule has 2 aromatic heterocycles. The lowest BCUT2D eigenvalue weighted by molar-refractivity contribution is -0.00248. The van der Waals surface area contributed by atoms with Gasteiger partial charge in [0.1, 0.15) is 29.9 Å². The normalized spacial score (nSPS) is 15.6. The lowest BCUT2D eigenvalue weighted by Gasteiger charge is -2.42. The molecule has 26 heavy (non-hydrogen) atoms. The third-order valence-corrected chi connectivity index (χ3v) is 5.01. The fourth-order valence-electron chi connectivity index (χ4n) is 3.21. The molecule has 2 unspecified atom stereocenters. The van der Waals surface area contributed by atoms with Crippen LogP contribution >= 0.6 is 0 Å². The van der Waals surface area contributed by atoms with Crippen molar-refractivity contribution in [2.45, 2.75) is 38.3 Å². The van der Waals surface area contributed by atoms with Crippen LogP contribution in [0.2, 0.25) is 19.6 Å². The van der Waals surface area contributed by atoms with Crippen molar-refractivity contribution in [1.82, 2.24) is 24.3 Å². The molecule has 0 aliphatic rings. The molecule has 2 heterocycles. The third kappa shape index (κ3) is 3.58. The Morgan fingerprint density at radius 2 is 1.92 bits per heavy atom. The van der Waals surface area contributed by atoms with E-state index < -0.39 is 31.7 Å². The van der Waals surface area contributed by atoms with Crippen LogP contribution in [0.5, 0.6) is 0 Å². The van der Waals surface area contributed by atoms with Gasteiger partial charge in [-0.15, -0.1) is 0 Å². The highest BCUT2D eigenvalue weighted by Crippen LogP contribution is 2.41. The van der Waals surface area contributed by atoms with Gasteiger partial charge in [-0.25, -0.2) is 23.4 Å². The van der Waals surface area contributed by atoms with E-state index in [0.29, 0.717) is 0 Å². The Balaban J connectivity index is 2.24. The first-order valence-corrected chi connectivity index (χ1v) is 11.6. The van der Waals surface area contributed by atoms with Crippen LogP contribution in [-0.4, -0.2) is 32.6 Å². The van der Waals surface area contributed by atoms with Crippen molar-refractivity contribution < 1.29 is 13.2 Å². The number of hydrogen-bond donors (Lipinski definition) is 0. The van der Waals surface area contributed by atoms with Crippen molar-refractivity contribution in [3.63, 3.8) is 0 Å². The minimum absolute atomic E-state index is 0.246. The molecule has 0 fully saturated rings. The standard InChI is InChI=1S/C17H21F2N5OSi/c1-17(25-26(2,3)4,14-6-5-13(18)9-15(14)19)16(23-8-7-20-11-23)24-12-21-10-22-24/h5-12,16H,1-4H3. The highest BCUT2D eigenvalue weighted by molar-refractivity contribution is 6.69. The molecule has 0 spiro atoms. The summed E-state index contributed by atoms with van der Waals surface area (Å²) in [6.45, 7) is 7.82. The minimum Gasteiger partial charge on any atom is -0.404 e. The molecular formula is C17H21F2N5OSi. The lowest BCUT2D eigenvalue weighted by atomic mass is 9.91. The van der Waals surface area contributed by atoms with Crippen LogP contribution < -0.4 is 0 Å². The lowest BCUT2D eigenvalue weighted by Crippen LogP contribution is -2.47. The third-order valence-electron chi connectivity index (χ3n) is 3.97. The smallest absolute Gasteiger partial charge is 0.185 e. The van der Waals surface area contributed by atoms with E-state index >= 15 is 0 Å². The van der Waals surface area contributed by atoms with E-state index in [-0.39, 0.29) is 5.56 Å². The Hall–Kier alpha value is -2.39. The van der Waals surface area contributed by atoms with Gasteiger partial charge in [0, 0.05) is 24.0 Å². The highest BCUT2D eigenvalue weighted by Gasteiger charge is 2.45. The van der Waals surface area contributed by atoms with Gasteiger partial charge >= 0.3 is 0 Å². The van der Waals surface area contributed by atoms with E-state index in [1.165, 1.54) is 24.8 Å². The first kappa shape index (κ1) is 18.4. The van der Waals surface area contributed by atoms with Gasteiger partial charge in [0.25, 0.3) is 0 Å². The molecule has 0 bridgehead atoms. The summed E-state index contributed by atoms with van der Waals surface area (Å²) < 4.78 is 38.1. The van der Waals surface area contributed by atoms with Crippen LogP contribution in [0.1, 0.15) is 18.7 Å². The minimum atomic E-state index is -2.16. The molecule has 0 aliphatic heterocycles. The Labute approximate surface area is 151 Å². The van der Waals surface area contributed by atoms with Gasteiger partial charge in [-0.3, -0.25) is 0 Å². The number of hydrogen-bond acceptors (Lipinski definition) is 4. The van der Waals surface area contributed by atoms with Crippen molar-refractivity contribution in [2.24, 2.45) is 0 Å².